The lowest BCUT2D eigenvalue weighted by atomic mass is 10.0. The molecule has 29 heavy (non-hydrogen) atoms. The molecule has 0 spiro atoms. The number of aromatic nitrogens is 1. The second kappa shape index (κ2) is 8.69. The number of pyridine rings is 1. The lowest BCUT2D eigenvalue weighted by Gasteiger charge is -2.27. The van der Waals surface area contributed by atoms with E-state index in [1.54, 1.807) is 17.5 Å². The van der Waals surface area contributed by atoms with E-state index in [0.717, 1.165) is 11.4 Å². The second-order valence-electron chi connectivity index (χ2n) is 6.54. The molecule has 1 fully saturated rings. The standard InChI is InChI=1S/C21H20N4O2S2/c1-27-13-18(26)23-14-7-9-15(10-8-14)25-20(17-6-4-12-29-17)19(24-21(25)28)16-5-2-3-11-22-16/h2-12,19-20H,13H2,1H3,(H,23,26)(H,24,28). The molecule has 8 heteroatoms. The maximum Gasteiger partial charge on any atom is 0.250 e. The minimum absolute atomic E-state index is 0.00803. The molecule has 0 bridgehead atoms. The van der Waals surface area contributed by atoms with Crippen molar-refractivity contribution >= 4 is 45.9 Å². The molecule has 148 valence electrons. The Bertz CT molecular complexity index is 978. The zero-order chi connectivity index (χ0) is 20.2. The van der Waals surface area contributed by atoms with Crippen molar-refractivity contribution in [2.75, 3.05) is 23.9 Å². The van der Waals surface area contributed by atoms with Gasteiger partial charge in [-0.15, -0.1) is 11.3 Å². The van der Waals surface area contributed by atoms with Crippen LogP contribution in [0.1, 0.15) is 22.7 Å². The van der Waals surface area contributed by atoms with Crippen LogP contribution in [0.4, 0.5) is 11.4 Å². The number of hydrogen-bond donors (Lipinski definition) is 2. The van der Waals surface area contributed by atoms with Crippen LogP contribution in [-0.2, 0) is 9.53 Å². The fraction of sp³-hybridized carbons (Fsp3) is 0.190. The molecular formula is C21H20N4O2S2. The third-order valence-electron chi connectivity index (χ3n) is 4.64. The number of amides is 1. The average Bonchev–Trinajstić information content (AvgIpc) is 3.37. The van der Waals surface area contributed by atoms with Crippen molar-refractivity contribution in [1.82, 2.24) is 10.3 Å². The van der Waals surface area contributed by atoms with Gasteiger partial charge in [-0.25, -0.2) is 0 Å². The van der Waals surface area contributed by atoms with Crippen LogP contribution >= 0.6 is 23.6 Å². The van der Waals surface area contributed by atoms with Gasteiger partial charge >= 0.3 is 0 Å². The molecule has 4 rings (SSSR count). The van der Waals surface area contributed by atoms with Gasteiger partial charge in [-0.1, -0.05) is 12.1 Å². The molecule has 1 aliphatic rings. The predicted molar refractivity (Wildman–Crippen MR) is 119 cm³/mol. The molecule has 1 aliphatic heterocycles. The Morgan fingerprint density at radius 3 is 2.72 bits per heavy atom. The number of thiocarbonyl (C=S) groups is 1. The maximum atomic E-state index is 11.7. The van der Waals surface area contributed by atoms with Crippen molar-refractivity contribution in [3.8, 4) is 0 Å². The SMILES string of the molecule is COCC(=O)Nc1ccc(N2C(=S)NC(c3ccccn3)C2c2cccs2)cc1. The van der Waals surface area contributed by atoms with Gasteiger partial charge in [-0.2, -0.15) is 0 Å². The molecule has 2 atom stereocenters. The van der Waals surface area contributed by atoms with Crippen molar-refractivity contribution in [3.05, 3.63) is 76.7 Å². The van der Waals surface area contributed by atoms with E-state index in [1.165, 1.54) is 12.0 Å². The Labute approximate surface area is 178 Å². The number of ether oxygens (including phenoxy) is 1. The fourth-order valence-electron chi connectivity index (χ4n) is 3.41. The summed E-state index contributed by atoms with van der Waals surface area (Å²) in [5.41, 5.74) is 2.60. The molecule has 0 aliphatic carbocycles. The minimum Gasteiger partial charge on any atom is -0.375 e. The predicted octanol–water partition coefficient (Wildman–Crippen LogP) is 3.91. The Morgan fingerprint density at radius 1 is 1.24 bits per heavy atom. The van der Waals surface area contributed by atoms with Crippen LogP contribution in [-0.4, -0.2) is 29.7 Å². The zero-order valence-corrected chi connectivity index (χ0v) is 17.4. The Morgan fingerprint density at radius 2 is 2.07 bits per heavy atom. The molecule has 0 saturated carbocycles. The second-order valence-corrected chi connectivity index (χ2v) is 7.91. The van der Waals surface area contributed by atoms with Crippen LogP contribution in [0, 0.1) is 0 Å². The van der Waals surface area contributed by atoms with E-state index >= 15 is 0 Å². The van der Waals surface area contributed by atoms with Crippen molar-refractivity contribution < 1.29 is 9.53 Å². The smallest absolute Gasteiger partial charge is 0.250 e. The number of anilines is 2. The summed E-state index contributed by atoms with van der Waals surface area (Å²) < 4.78 is 4.85. The molecule has 2 unspecified atom stereocenters. The Hall–Kier alpha value is -2.81. The summed E-state index contributed by atoms with van der Waals surface area (Å²) in [6.07, 6.45) is 1.80. The quantitative estimate of drug-likeness (QED) is 0.585. The van der Waals surface area contributed by atoms with Crippen molar-refractivity contribution in [2.45, 2.75) is 12.1 Å². The van der Waals surface area contributed by atoms with Gasteiger partial charge in [0.25, 0.3) is 0 Å². The molecule has 1 aromatic carbocycles. The Kier molecular flexibility index (Phi) is 5.84. The van der Waals surface area contributed by atoms with E-state index in [0.29, 0.717) is 10.8 Å². The first-order valence-corrected chi connectivity index (χ1v) is 10.4. The molecule has 0 radical (unpaired) electrons. The van der Waals surface area contributed by atoms with Gasteiger partial charge in [0, 0.05) is 29.6 Å². The molecule has 6 nitrogen and oxygen atoms in total. The molecular weight excluding hydrogens is 404 g/mol. The van der Waals surface area contributed by atoms with Crippen molar-refractivity contribution in [2.24, 2.45) is 0 Å². The topological polar surface area (TPSA) is 66.5 Å². The molecule has 1 amide bonds. The van der Waals surface area contributed by atoms with Crippen molar-refractivity contribution in [3.63, 3.8) is 0 Å². The van der Waals surface area contributed by atoms with E-state index in [2.05, 4.69) is 32.0 Å². The summed E-state index contributed by atoms with van der Waals surface area (Å²) in [6, 6.07) is 17.7. The van der Waals surface area contributed by atoms with E-state index in [1.807, 2.05) is 48.5 Å². The van der Waals surface area contributed by atoms with Crippen LogP contribution in [0.15, 0.2) is 66.2 Å². The van der Waals surface area contributed by atoms with E-state index in [9.17, 15) is 4.79 Å². The highest BCUT2D eigenvalue weighted by Crippen LogP contribution is 2.43. The maximum absolute atomic E-state index is 11.7. The van der Waals surface area contributed by atoms with Crippen LogP contribution in [0.3, 0.4) is 0 Å². The molecule has 2 N–H and O–H groups in total. The van der Waals surface area contributed by atoms with Gasteiger partial charge < -0.3 is 20.3 Å². The number of benzene rings is 1. The van der Waals surface area contributed by atoms with E-state index in [-0.39, 0.29) is 24.6 Å². The third kappa shape index (κ3) is 4.14. The summed E-state index contributed by atoms with van der Waals surface area (Å²) in [7, 11) is 1.49. The third-order valence-corrected chi connectivity index (χ3v) is 5.89. The first kappa shape index (κ1) is 19.5. The summed E-state index contributed by atoms with van der Waals surface area (Å²) in [5, 5.41) is 8.96. The van der Waals surface area contributed by atoms with Gasteiger partial charge in [0.15, 0.2) is 5.11 Å². The van der Waals surface area contributed by atoms with Gasteiger partial charge in [0.2, 0.25) is 5.91 Å². The number of carbonyl (C=O) groups is 1. The van der Waals surface area contributed by atoms with Gasteiger partial charge in [0.05, 0.1) is 17.8 Å². The summed E-state index contributed by atoms with van der Waals surface area (Å²) >= 11 is 7.39. The number of nitrogens with zero attached hydrogens (tertiary/aromatic N) is 2. The van der Waals surface area contributed by atoms with Gasteiger partial charge in [-0.3, -0.25) is 9.78 Å². The molecule has 3 heterocycles. The number of thiophene rings is 1. The van der Waals surface area contributed by atoms with Crippen molar-refractivity contribution in [1.29, 1.82) is 0 Å². The van der Waals surface area contributed by atoms with Crippen LogP contribution in [0.25, 0.3) is 0 Å². The van der Waals surface area contributed by atoms with Gasteiger partial charge in [-0.05, 0) is 60.1 Å². The summed E-state index contributed by atoms with van der Waals surface area (Å²) in [6.45, 7) is 0.0219. The minimum atomic E-state index is -0.190. The van der Waals surface area contributed by atoms with Gasteiger partial charge in [0.1, 0.15) is 6.61 Å². The normalized spacial score (nSPS) is 18.5. The van der Waals surface area contributed by atoms with Crippen LogP contribution < -0.4 is 15.5 Å². The Balaban J connectivity index is 1.65. The first-order valence-electron chi connectivity index (χ1n) is 9.10. The summed E-state index contributed by atoms with van der Waals surface area (Å²) in [5.74, 6) is -0.190. The fourth-order valence-corrected chi connectivity index (χ4v) is 4.61. The largest absolute Gasteiger partial charge is 0.375 e. The van der Waals surface area contributed by atoms with E-state index < -0.39 is 0 Å². The molecule has 1 saturated heterocycles. The van der Waals surface area contributed by atoms with E-state index in [4.69, 9.17) is 17.0 Å². The zero-order valence-electron chi connectivity index (χ0n) is 15.7. The number of hydrogen-bond acceptors (Lipinski definition) is 5. The number of methoxy groups -OCH3 is 1. The summed E-state index contributed by atoms with van der Waals surface area (Å²) in [4.78, 5) is 19.6. The number of nitrogens with one attached hydrogen (secondary N) is 2. The highest BCUT2D eigenvalue weighted by Gasteiger charge is 2.41. The van der Waals surface area contributed by atoms with Crippen LogP contribution in [0.2, 0.25) is 0 Å². The average molecular weight is 425 g/mol. The number of rotatable bonds is 6. The lowest BCUT2D eigenvalue weighted by Crippen LogP contribution is -2.29. The lowest BCUT2D eigenvalue weighted by molar-refractivity contribution is -0.119. The first-order chi connectivity index (χ1) is 14.2. The number of carbonyl (C=O) groups excluding carboxylic acids is 1. The highest BCUT2D eigenvalue weighted by molar-refractivity contribution is 7.80. The molecule has 3 aromatic rings. The molecule has 2 aromatic heterocycles. The monoisotopic (exact) mass is 424 g/mol. The van der Waals surface area contributed by atoms with Crippen LogP contribution in [0.5, 0.6) is 0 Å². The highest BCUT2D eigenvalue weighted by atomic mass is 32.1.